The molecule has 28 heavy (non-hydrogen) atoms. The summed E-state index contributed by atoms with van der Waals surface area (Å²) in [7, 11) is 0. The molecule has 3 rings (SSSR count). The van der Waals surface area contributed by atoms with E-state index in [0.717, 1.165) is 17.7 Å². The van der Waals surface area contributed by atoms with Gasteiger partial charge in [0.15, 0.2) is 0 Å². The van der Waals surface area contributed by atoms with Gasteiger partial charge in [-0.3, -0.25) is 14.5 Å². The van der Waals surface area contributed by atoms with Crippen LogP contribution >= 0.6 is 23.4 Å². The highest BCUT2D eigenvalue weighted by atomic mass is 35.5. The lowest BCUT2D eigenvalue weighted by atomic mass is 10.1. The van der Waals surface area contributed by atoms with E-state index in [9.17, 15) is 22.8 Å². The molecule has 1 heterocycles. The molecule has 9 heteroatoms. The van der Waals surface area contributed by atoms with Gasteiger partial charge >= 0.3 is 6.18 Å². The number of hydrogen-bond acceptors (Lipinski definition) is 3. The molecular weight excluding hydrogens is 413 g/mol. The maximum Gasteiger partial charge on any atom is 0.416 e. The van der Waals surface area contributed by atoms with E-state index in [1.165, 1.54) is 28.8 Å². The van der Waals surface area contributed by atoms with Crippen LogP contribution in [0.4, 0.5) is 24.5 Å². The lowest BCUT2D eigenvalue weighted by molar-refractivity contribution is -0.137. The molecule has 2 amide bonds. The maximum atomic E-state index is 12.8. The van der Waals surface area contributed by atoms with E-state index in [-0.39, 0.29) is 17.6 Å². The van der Waals surface area contributed by atoms with Crippen LogP contribution in [0, 0.1) is 0 Å². The van der Waals surface area contributed by atoms with E-state index in [0.29, 0.717) is 11.4 Å². The minimum Gasteiger partial charge on any atom is -0.325 e. The van der Waals surface area contributed by atoms with Crippen molar-refractivity contribution in [2.24, 2.45) is 0 Å². The van der Waals surface area contributed by atoms with Crippen LogP contribution in [0.3, 0.4) is 0 Å². The van der Waals surface area contributed by atoms with Gasteiger partial charge in [0, 0.05) is 11.4 Å². The Morgan fingerprint density at radius 1 is 1.25 bits per heavy atom. The molecule has 1 aliphatic rings. The topological polar surface area (TPSA) is 49.4 Å². The smallest absolute Gasteiger partial charge is 0.325 e. The molecule has 0 spiro atoms. The van der Waals surface area contributed by atoms with Crippen LogP contribution in [0.2, 0.25) is 0 Å². The summed E-state index contributed by atoms with van der Waals surface area (Å²) >= 11 is 7.13. The molecule has 0 radical (unpaired) electrons. The number of nitrogens with zero attached hydrogens (tertiary/aromatic N) is 1. The molecule has 2 aromatic carbocycles. The predicted octanol–water partition coefficient (Wildman–Crippen LogP) is 5.05. The van der Waals surface area contributed by atoms with Crippen LogP contribution in [-0.4, -0.2) is 22.9 Å². The number of benzene rings is 2. The minimum atomic E-state index is -4.44. The highest BCUT2D eigenvalue weighted by molar-refractivity contribution is 8.00. The van der Waals surface area contributed by atoms with Gasteiger partial charge in [-0.25, -0.2) is 0 Å². The third-order valence-corrected chi connectivity index (χ3v) is 5.55. The fraction of sp³-hybridized carbons (Fsp3) is 0.263. The summed E-state index contributed by atoms with van der Waals surface area (Å²) < 4.78 is 38.4. The Hall–Kier alpha value is -2.19. The summed E-state index contributed by atoms with van der Waals surface area (Å²) in [5.74, 6) is -0.340. The average Bonchev–Trinajstić information content (AvgIpc) is 3.03. The first kappa shape index (κ1) is 20.5. The lowest BCUT2D eigenvalue weighted by Gasteiger charge is -2.25. The molecule has 1 fully saturated rings. The zero-order valence-corrected chi connectivity index (χ0v) is 16.2. The van der Waals surface area contributed by atoms with Crippen molar-refractivity contribution in [3.05, 3.63) is 59.7 Å². The van der Waals surface area contributed by atoms with Crippen molar-refractivity contribution in [3.8, 4) is 0 Å². The second kappa shape index (κ2) is 8.05. The molecule has 0 aliphatic carbocycles. The Kier molecular flexibility index (Phi) is 5.90. The number of nitrogens with one attached hydrogen (secondary N) is 1. The van der Waals surface area contributed by atoms with Gasteiger partial charge < -0.3 is 5.32 Å². The summed E-state index contributed by atoms with van der Waals surface area (Å²) in [5, 5.41) is 1.58. The fourth-order valence-electron chi connectivity index (χ4n) is 2.77. The third kappa shape index (κ3) is 4.44. The van der Waals surface area contributed by atoms with E-state index in [4.69, 9.17) is 11.6 Å². The first-order valence-corrected chi connectivity index (χ1v) is 9.81. The number of halogens is 4. The quantitative estimate of drug-likeness (QED) is 0.693. The predicted molar refractivity (Wildman–Crippen MR) is 105 cm³/mol. The zero-order chi connectivity index (χ0) is 20.5. The van der Waals surface area contributed by atoms with Crippen molar-refractivity contribution >= 4 is 46.6 Å². The number of carbonyl (C=O) groups is 2. The van der Waals surface area contributed by atoms with Crippen molar-refractivity contribution in [2.75, 3.05) is 16.0 Å². The Bertz CT molecular complexity index is 887. The van der Waals surface area contributed by atoms with E-state index >= 15 is 0 Å². The Balaban J connectivity index is 1.87. The molecular formula is C19H16ClF3N2O2S. The molecule has 1 saturated heterocycles. The standard InChI is InChI=1S/C19H16ClF3N2O2S/c1-11(20)17(27)24-14-4-2-3-12(9-14)18-25(16(26)10-28-18)15-7-5-13(6-8-15)19(21,22)23/h2-9,11,18H,10H2,1H3,(H,24,27)/t11-,18-/m1/s1. The number of hydrogen-bond donors (Lipinski definition) is 1. The number of rotatable bonds is 4. The van der Waals surface area contributed by atoms with Crippen LogP contribution in [0.1, 0.15) is 23.4 Å². The fourth-order valence-corrected chi connectivity index (χ4v) is 3.99. The van der Waals surface area contributed by atoms with Crippen molar-refractivity contribution in [2.45, 2.75) is 23.9 Å². The monoisotopic (exact) mass is 428 g/mol. The molecule has 0 bridgehead atoms. The number of amides is 2. The van der Waals surface area contributed by atoms with Crippen molar-refractivity contribution < 1.29 is 22.8 Å². The number of anilines is 2. The van der Waals surface area contributed by atoms with Gasteiger partial charge in [0.1, 0.15) is 10.8 Å². The summed E-state index contributed by atoms with van der Waals surface area (Å²) in [6.07, 6.45) is -4.44. The normalized spacial score (nSPS) is 18.2. The van der Waals surface area contributed by atoms with Crippen molar-refractivity contribution in [1.82, 2.24) is 0 Å². The molecule has 2 aromatic rings. The molecule has 0 saturated carbocycles. The maximum absolute atomic E-state index is 12.8. The van der Waals surface area contributed by atoms with Gasteiger partial charge in [-0.15, -0.1) is 23.4 Å². The summed E-state index contributed by atoms with van der Waals surface area (Å²) in [6.45, 7) is 1.55. The van der Waals surface area contributed by atoms with Gasteiger partial charge in [-0.2, -0.15) is 13.2 Å². The SMILES string of the molecule is C[C@@H](Cl)C(=O)Nc1cccc([C@H]2SCC(=O)N2c2ccc(C(F)(F)F)cc2)c1. The Labute approximate surface area is 169 Å². The highest BCUT2D eigenvalue weighted by Gasteiger charge is 2.35. The van der Waals surface area contributed by atoms with E-state index < -0.39 is 22.5 Å². The first-order chi connectivity index (χ1) is 13.2. The van der Waals surface area contributed by atoms with Gasteiger partial charge in [-0.1, -0.05) is 12.1 Å². The van der Waals surface area contributed by atoms with E-state index in [1.807, 2.05) is 0 Å². The number of alkyl halides is 4. The second-order valence-electron chi connectivity index (χ2n) is 6.20. The Morgan fingerprint density at radius 3 is 2.54 bits per heavy atom. The summed E-state index contributed by atoms with van der Waals surface area (Å²) in [6, 6.07) is 11.5. The van der Waals surface area contributed by atoms with Crippen LogP contribution in [-0.2, 0) is 15.8 Å². The zero-order valence-electron chi connectivity index (χ0n) is 14.7. The number of carbonyl (C=O) groups excluding carboxylic acids is 2. The number of thioether (sulfide) groups is 1. The first-order valence-electron chi connectivity index (χ1n) is 8.32. The second-order valence-corrected chi connectivity index (χ2v) is 7.93. The molecule has 0 aromatic heterocycles. The molecule has 0 unspecified atom stereocenters. The lowest BCUT2D eigenvalue weighted by Crippen LogP contribution is -2.28. The molecule has 4 nitrogen and oxygen atoms in total. The van der Waals surface area contributed by atoms with Crippen LogP contribution in [0.25, 0.3) is 0 Å². The van der Waals surface area contributed by atoms with Crippen LogP contribution in [0.15, 0.2) is 48.5 Å². The van der Waals surface area contributed by atoms with Gasteiger partial charge in [0.2, 0.25) is 11.8 Å². The van der Waals surface area contributed by atoms with Crippen LogP contribution in [0.5, 0.6) is 0 Å². The highest BCUT2D eigenvalue weighted by Crippen LogP contribution is 2.43. The summed E-state index contributed by atoms with van der Waals surface area (Å²) in [4.78, 5) is 25.6. The summed E-state index contributed by atoms with van der Waals surface area (Å²) in [5.41, 5.74) is 0.891. The van der Waals surface area contributed by atoms with E-state index in [1.54, 1.807) is 31.2 Å². The van der Waals surface area contributed by atoms with Gasteiger partial charge in [-0.05, 0) is 48.9 Å². The van der Waals surface area contributed by atoms with E-state index in [2.05, 4.69) is 5.32 Å². The van der Waals surface area contributed by atoms with Crippen molar-refractivity contribution in [3.63, 3.8) is 0 Å². The van der Waals surface area contributed by atoms with Gasteiger partial charge in [0.25, 0.3) is 0 Å². The molecule has 1 N–H and O–H groups in total. The van der Waals surface area contributed by atoms with Crippen LogP contribution < -0.4 is 10.2 Å². The molecule has 2 atom stereocenters. The van der Waals surface area contributed by atoms with Gasteiger partial charge in [0.05, 0.1) is 11.3 Å². The Morgan fingerprint density at radius 2 is 1.93 bits per heavy atom. The largest absolute Gasteiger partial charge is 0.416 e. The molecule has 148 valence electrons. The third-order valence-electron chi connectivity index (χ3n) is 4.14. The minimum absolute atomic E-state index is 0.196. The average molecular weight is 429 g/mol. The molecule has 1 aliphatic heterocycles. The van der Waals surface area contributed by atoms with Crippen molar-refractivity contribution in [1.29, 1.82) is 0 Å².